The lowest BCUT2D eigenvalue weighted by Crippen LogP contribution is -2.29. The number of anilines is 6. The molecule has 0 atom stereocenters. The molecule has 0 fully saturated rings. The molecule has 0 bridgehead atoms. The van der Waals surface area contributed by atoms with Crippen molar-refractivity contribution in [2.24, 2.45) is 0 Å². The van der Waals surface area contributed by atoms with Crippen molar-refractivity contribution in [2.75, 3.05) is 9.80 Å². The largest absolute Gasteiger partial charge is 0.310 e. The van der Waals surface area contributed by atoms with Crippen LogP contribution in [0.4, 0.5) is 34.1 Å². The molecule has 0 saturated heterocycles. The number of hydrogen-bond donors (Lipinski definition) is 0. The van der Waals surface area contributed by atoms with E-state index in [0.717, 1.165) is 59.8 Å². The minimum Gasteiger partial charge on any atom is -0.310 e. The Morgan fingerprint density at radius 2 is 0.789 bits per heavy atom. The standard InChI is InChI=1S/C74H52N2/c1-5-21-55-43-59(35-31-49(55)15-1)75(60-36-32-50-16-2-6-22-56(50)44-60)63-39-41-69-71(47-63)73(67-29-13-25-53-19-9-11-27-65(53)67)70-42-40-64(48-72(70)74(69)68-30-14-26-54-20-10-12-28-66(54)68)76(61-37-33-51-17-3-7-23-57(51)45-61)62-38-34-52-18-4-8-24-58(52)46-62/h1-7,9-12,14-23,25-28,30-48H,8,13,24,29H2. The SMILES string of the molecule is C1=Cc2ccc(N(c3ccc4ccccc4c3)c3ccc4c(C5=c6ccccc6=CCC5)c5cc(N(c6ccc7ccccc7c6)c6ccc7ccccc7c6)ccc5c(-c5cccc6ccccc56)c4c3)cc2CC1. The minimum atomic E-state index is 0.937. The normalized spacial score (nSPS) is 13.1. The van der Waals surface area contributed by atoms with Crippen LogP contribution in [0.2, 0.25) is 0 Å². The second-order valence-corrected chi connectivity index (χ2v) is 20.6. The Kier molecular flexibility index (Phi) is 10.5. The summed E-state index contributed by atoms with van der Waals surface area (Å²) in [5, 5.41) is 17.4. The van der Waals surface area contributed by atoms with Crippen molar-refractivity contribution < 1.29 is 0 Å². The van der Waals surface area contributed by atoms with Crippen LogP contribution in [-0.4, -0.2) is 0 Å². The highest BCUT2D eigenvalue weighted by Crippen LogP contribution is 2.49. The summed E-state index contributed by atoms with van der Waals surface area (Å²) in [6, 6.07) is 93.4. The Hall–Kier alpha value is -9.50. The zero-order valence-electron chi connectivity index (χ0n) is 42.1. The van der Waals surface area contributed by atoms with E-state index in [1.807, 2.05) is 0 Å². The molecule has 0 radical (unpaired) electrons. The van der Waals surface area contributed by atoms with Crippen LogP contribution in [0.5, 0.6) is 0 Å². The highest BCUT2D eigenvalue weighted by Gasteiger charge is 2.25. The molecule has 15 rings (SSSR count). The van der Waals surface area contributed by atoms with Crippen LogP contribution in [0.3, 0.4) is 0 Å². The summed E-state index contributed by atoms with van der Waals surface area (Å²) < 4.78 is 0. The van der Waals surface area contributed by atoms with E-state index in [4.69, 9.17) is 0 Å². The van der Waals surface area contributed by atoms with Crippen LogP contribution in [0.15, 0.2) is 255 Å². The van der Waals surface area contributed by atoms with E-state index >= 15 is 0 Å². The van der Waals surface area contributed by atoms with Gasteiger partial charge in [-0.05, 0) is 207 Å². The van der Waals surface area contributed by atoms with Crippen molar-refractivity contribution in [3.05, 3.63) is 282 Å². The fourth-order valence-corrected chi connectivity index (χ4v) is 12.7. The van der Waals surface area contributed by atoms with Gasteiger partial charge in [-0.3, -0.25) is 0 Å². The third kappa shape index (κ3) is 7.48. The monoisotopic (exact) mass is 968 g/mol. The summed E-state index contributed by atoms with van der Waals surface area (Å²) in [7, 11) is 0. The first kappa shape index (κ1) is 44.0. The molecule has 2 aliphatic rings. The van der Waals surface area contributed by atoms with Gasteiger partial charge in [0, 0.05) is 34.1 Å². The van der Waals surface area contributed by atoms with Crippen LogP contribution in [0.1, 0.15) is 36.0 Å². The summed E-state index contributed by atoms with van der Waals surface area (Å²) in [6.45, 7) is 0. The lowest BCUT2D eigenvalue weighted by atomic mass is 9.82. The summed E-state index contributed by atoms with van der Waals surface area (Å²) >= 11 is 0. The van der Waals surface area contributed by atoms with Crippen molar-refractivity contribution in [3.63, 3.8) is 0 Å². The van der Waals surface area contributed by atoms with E-state index in [-0.39, 0.29) is 0 Å². The Labute approximate surface area is 442 Å². The highest BCUT2D eigenvalue weighted by atomic mass is 15.1. The van der Waals surface area contributed by atoms with Crippen molar-refractivity contribution in [1.29, 1.82) is 0 Å². The van der Waals surface area contributed by atoms with Gasteiger partial charge >= 0.3 is 0 Å². The average molecular weight is 969 g/mol. The maximum Gasteiger partial charge on any atom is 0.0468 e. The van der Waals surface area contributed by atoms with Gasteiger partial charge in [-0.25, -0.2) is 0 Å². The van der Waals surface area contributed by atoms with E-state index < -0.39 is 0 Å². The molecule has 0 heterocycles. The van der Waals surface area contributed by atoms with Gasteiger partial charge in [-0.1, -0.05) is 194 Å². The summed E-state index contributed by atoms with van der Waals surface area (Å²) in [5.41, 5.74) is 14.6. The fraction of sp³-hybridized carbons (Fsp3) is 0.0541. The first-order valence-corrected chi connectivity index (χ1v) is 26.8. The molecule has 0 N–H and O–H groups in total. The molecular formula is C74H52N2. The van der Waals surface area contributed by atoms with Crippen molar-refractivity contribution in [1.82, 2.24) is 0 Å². The van der Waals surface area contributed by atoms with Crippen molar-refractivity contribution in [3.8, 4) is 11.1 Å². The Balaban J connectivity index is 1.06. The van der Waals surface area contributed by atoms with Crippen LogP contribution < -0.4 is 20.2 Å². The van der Waals surface area contributed by atoms with Crippen LogP contribution in [0, 0.1) is 0 Å². The van der Waals surface area contributed by atoms with Crippen molar-refractivity contribution >= 4 is 116 Å². The number of hydrogen-bond acceptors (Lipinski definition) is 2. The Morgan fingerprint density at radius 1 is 0.303 bits per heavy atom. The Bertz CT molecular complexity index is 4590. The number of allylic oxidation sites excluding steroid dienone is 1. The molecule has 0 saturated carbocycles. The second kappa shape index (κ2) is 18.2. The predicted octanol–water partition coefficient (Wildman–Crippen LogP) is 18.9. The van der Waals surface area contributed by atoms with Crippen LogP contribution in [0.25, 0.3) is 93.5 Å². The van der Waals surface area contributed by atoms with Gasteiger partial charge in [-0.2, -0.15) is 0 Å². The van der Waals surface area contributed by atoms with Gasteiger partial charge in [0.1, 0.15) is 0 Å². The molecule has 0 unspecified atom stereocenters. The summed E-state index contributed by atoms with van der Waals surface area (Å²) in [6.07, 6.45) is 11.0. The van der Waals surface area contributed by atoms with Crippen LogP contribution in [-0.2, 0) is 6.42 Å². The van der Waals surface area contributed by atoms with E-state index in [2.05, 4.69) is 277 Å². The molecule has 0 amide bonds. The molecular weight excluding hydrogens is 917 g/mol. The third-order valence-electron chi connectivity index (χ3n) is 16.2. The smallest absolute Gasteiger partial charge is 0.0468 e. The molecule has 358 valence electrons. The van der Waals surface area contributed by atoms with Gasteiger partial charge in [0.15, 0.2) is 0 Å². The molecule has 2 nitrogen and oxygen atoms in total. The molecule has 2 heteroatoms. The molecule has 0 aliphatic heterocycles. The average Bonchev–Trinajstić information content (AvgIpc) is 3.50. The van der Waals surface area contributed by atoms with E-state index in [1.165, 1.54) is 108 Å². The first-order valence-electron chi connectivity index (χ1n) is 26.8. The second-order valence-electron chi connectivity index (χ2n) is 20.6. The van der Waals surface area contributed by atoms with Gasteiger partial charge < -0.3 is 9.80 Å². The third-order valence-corrected chi connectivity index (χ3v) is 16.2. The van der Waals surface area contributed by atoms with Gasteiger partial charge in [0.2, 0.25) is 0 Å². The maximum absolute atomic E-state index is 2.51. The van der Waals surface area contributed by atoms with Gasteiger partial charge in [0.25, 0.3) is 0 Å². The quantitative estimate of drug-likeness (QED) is 0.140. The lowest BCUT2D eigenvalue weighted by molar-refractivity contribution is 0.984. The molecule has 0 aromatic heterocycles. The first-order chi connectivity index (χ1) is 37.7. The number of fused-ring (bicyclic) bond motifs is 8. The molecule has 76 heavy (non-hydrogen) atoms. The molecule has 13 aromatic rings. The minimum absolute atomic E-state index is 0.937. The number of benzene rings is 13. The molecule has 0 spiro atoms. The van der Waals surface area contributed by atoms with E-state index in [0.29, 0.717) is 0 Å². The number of rotatable bonds is 8. The molecule has 2 aliphatic carbocycles. The van der Waals surface area contributed by atoms with Gasteiger partial charge in [0.05, 0.1) is 0 Å². The van der Waals surface area contributed by atoms with E-state index in [9.17, 15) is 0 Å². The lowest BCUT2D eigenvalue weighted by Gasteiger charge is -2.29. The molecule has 13 aromatic carbocycles. The zero-order chi connectivity index (χ0) is 50.1. The van der Waals surface area contributed by atoms with Crippen molar-refractivity contribution in [2.45, 2.75) is 25.7 Å². The predicted molar refractivity (Wildman–Crippen MR) is 326 cm³/mol. The highest BCUT2D eigenvalue weighted by molar-refractivity contribution is 6.22. The fourth-order valence-electron chi connectivity index (χ4n) is 12.7. The van der Waals surface area contributed by atoms with Gasteiger partial charge in [-0.15, -0.1) is 0 Å². The number of nitrogens with zero attached hydrogens (tertiary/aromatic N) is 2. The number of aryl methyl sites for hydroxylation is 1. The summed E-state index contributed by atoms with van der Waals surface area (Å²) in [5.74, 6) is 0. The Morgan fingerprint density at radius 3 is 1.43 bits per heavy atom. The van der Waals surface area contributed by atoms with E-state index in [1.54, 1.807) is 0 Å². The summed E-state index contributed by atoms with van der Waals surface area (Å²) in [4.78, 5) is 4.96. The zero-order valence-corrected chi connectivity index (χ0v) is 42.1. The van der Waals surface area contributed by atoms with Crippen LogP contribution >= 0.6 is 0 Å². The topological polar surface area (TPSA) is 6.48 Å². The maximum atomic E-state index is 2.51.